The highest BCUT2D eigenvalue weighted by Crippen LogP contribution is 2.55. The molecule has 1 aromatic heterocycles. The maximum atomic E-state index is 13.6. The number of nitriles is 1. The minimum Gasteiger partial charge on any atom is -0.339 e. The molecular weight excluding hydrogens is 396 g/mol. The predicted octanol–water partition coefficient (Wildman–Crippen LogP) is 3.36. The number of rotatable bonds is 2. The molecule has 0 radical (unpaired) electrons. The number of fused-ring (bicyclic) bond motifs is 1. The van der Waals surface area contributed by atoms with E-state index in [-0.39, 0.29) is 23.2 Å². The van der Waals surface area contributed by atoms with E-state index in [1.807, 2.05) is 46.2 Å². The maximum Gasteiger partial charge on any atom is 0.253 e. The molecule has 4 heterocycles. The van der Waals surface area contributed by atoms with E-state index < -0.39 is 4.75 Å². The van der Waals surface area contributed by atoms with Gasteiger partial charge in [0, 0.05) is 31.0 Å². The second-order valence-corrected chi connectivity index (χ2v) is 9.71. The van der Waals surface area contributed by atoms with Crippen molar-refractivity contribution in [3.05, 3.63) is 65.5 Å². The van der Waals surface area contributed by atoms with Crippen LogP contribution in [-0.4, -0.2) is 49.8 Å². The topological polar surface area (TPSA) is 77.3 Å². The molecule has 3 aliphatic rings. The molecule has 2 amide bonds. The van der Waals surface area contributed by atoms with Crippen LogP contribution in [0.25, 0.3) is 0 Å². The average molecular weight is 419 g/mol. The highest BCUT2D eigenvalue weighted by atomic mass is 32.2. The molecule has 0 saturated carbocycles. The third-order valence-electron chi connectivity index (χ3n) is 6.47. The minimum atomic E-state index is -0.433. The van der Waals surface area contributed by atoms with Gasteiger partial charge in [0.1, 0.15) is 10.8 Å². The highest BCUT2D eigenvalue weighted by molar-refractivity contribution is 8.02. The van der Waals surface area contributed by atoms with E-state index in [0.29, 0.717) is 37.1 Å². The fraction of sp³-hybridized carbons (Fsp3) is 0.391. The highest BCUT2D eigenvalue weighted by Gasteiger charge is 2.57. The Hall–Kier alpha value is -2.85. The lowest BCUT2D eigenvalue weighted by atomic mass is 9.93. The van der Waals surface area contributed by atoms with Crippen LogP contribution >= 0.6 is 11.8 Å². The Morgan fingerprint density at radius 3 is 2.67 bits per heavy atom. The second kappa shape index (κ2) is 7.44. The molecule has 7 heteroatoms. The molecule has 2 atom stereocenters. The van der Waals surface area contributed by atoms with Gasteiger partial charge in [-0.15, -0.1) is 11.8 Å². The molecule has 3 fully saturated rings. The standard InChI is InChI=1S/C23H22N4O2S/c24-13-16-12-18(15-25-14-16)19-6-7-20-27(19)22(29)23(30-20)8-10-26(11-9-23)21(28)17-4-2-1-3-5-17/h1-5,12,14-15,19-20H,6-11H2. The van der Waals surface area contributed by atoms with Crippen LogP contribution in [0.15, 0.2) is 48.8 Å². The summed E-state index contributed by atoms with van der Waals surface area (Å²) >= 11 is 1.78. The van der Waals surface area contributed by atoms with Gasteiger partial charge in [-0.1, -0.05) is 18.2 Å². The van der Waals surface area contributed by atoms with E-state index in [2.05, 4.69) is 11.1 Å². The zero-order chi connectivity index (χ0) is 20.7. The minimum absolute atomic E-state index is 0.0147. The summed E-state index contributed by atoms with van der Waals surface area (Å²) in [6.07, 6.45) is 6.55. The lowest BCUT2D eigenvalue weighted by molar-refractivity contribution is -0.134. The summed E-state index contributed by atoms with van der Waals surface area (Å²) in [4.78, 5) is 34.4. The summed E-state index contributed by atoms with van der Waals surface area (Å²) in [6.45, 7) is 1.20. The number of carbonyl (C=O) groups is 2. The maximum absolute atomic E-state index is 13.6. The number of amides is 2. The van der Waals surface area contributed by atoms with Gasteiger partial charge in [0.25, 0.3) is 5.91 Å². The van der Waals surface area contributed by atoms with E-state index in [1.165, 1.54) is 0 Å². The van der Waals surface area contributed by atoms with Crippen molar-refractivity contribution in [1.82, 2.24) is 14.8 Å². The summed E-state index contributed by atoms with van der Waals surface area (Å²) in [5.74, 6) is 0.229. The quantitative estimate of drug-likeness (QED) is 0.747. The molecule has 1 spiro atoms. The molecule has 3 saturated heterocycles. The Morgan fingerprint density at radius 1 is 1.17 bits per heavy atom. The molecule has 5 rings (SSSR count). The summed E-state index contributed by atoms with van der Waals surface area (Å²) in [5, 5.41) is 9.36. The van der Waals surface area contributed by atoms with Crippen LogP contribution in [0.2, 0.25) is 0 Å². The third kappa shape index (κ3) is 3.07. The van der Waals surface area contributed by atoms with E-state index in [4.69, 9.17) is 0 Å². The summed E-state index contributed by atoms with van der Waals surface area (Å²) in [5.41, 5.74) is 2.17. The number of aromatic nitrogens is 1. The van der Waals surface area contributed by atoms with Crippen LogP contribution < -0.4 is 0 Å². The van der Waals surface area contributed by atoms with Crippen LogP contribution in [0.3, 0.4) is 0 Å². The predicted molar refractivity (Wildman–Crippen MR) is 113 cm³/mol. The lowest BCUT2D eigenvalue weighted by Crippen LogP contribution is -2.49. The molecule has 0 bridgehead atoms. The van der Waals surface area contributed by atoms with Crippen molar-refractivity contribution >= 4 is 23.6 Å². The van der Waals surface area contributed by atoms with Gasteiger partial charge >= 0.3 is 0 Å². The van der Waals surface area contributed by atoms with Crippen molar-refractivity contribution in [2.24, 2.45) is 0 Å². The third-order valence-corrected chi connectivity index (χ3v) is 8.24. The summed E-state index contributed by atoms with van der Waals surface area (Å²) in [7, 11) is 0. The smallest absolute Gasteiger partial charge is 0.253 e. The molecular formula is C23H22N4O2S. The van der Waals surface area contributed by atoms with Gasteiger partial charge in [-0.2, -0.15) is 5.26 Å². The molecule has 0 aliphatic carbocycles. The van der Waals surface area contributed by atoms with Crippen LogP contribution in [0.1, 0.15) is 53.2 Å². The molecule has 3 aliphatic heterocycles. The Morgan fingerprint density at radius 2 is 1.93 bits per heavy atom. The molecule has 6 nitrogen and oxygen atoms in total. The zero-order valence-corrected chi connectivity index (χ0v) is 17.3. The number of hydrogen-bond acceptors (Lipinski definition) is 5. The summed E-state index contributed by atoms with van der Waals surface area (Å²) in [6, 6.07) is 13.3. The lowest BCUT2D eigenvalue weighted by Gasteiger charge is -2.38. The van der Waals surface area contributed by atoms with E-state index in [9.17, 15) is 14.9 Å². The van der Waals surface area contributed by atoms with E-state index in [1.54, 1.807) is 24.2 Å². The number of thioether (sulfide) groups is 1. The van der Waals surface area contributed by atoms with Gasteiger partial charge in [-0.25, -0.2) is 0 Å². The number of likely N-dealkylation sites (tertiary alicyclic amines) is 1. The zero-order valence-electron chi connectivity index (χ0n) is 16.5. The first kappa shape index (κ1) is 19.1. The molecule has 0 N–H and O–H groups in total. The van der Waals surface area contributed by atoms with Gasteiger partial charge < -0.3 is 9.80 Å². The van der Waals surface area contributed by atoms with Gasteiger partial charge in [0.05, 0.1) is 17.0 Å². The number of piperidine rings is 1. The Bertz CT molecular complexity index is 1030. The van der Waals surface area contributed by atoms with E-state index in [0.717, 1.165) is 18.4 Å². The monoisotopic (exact) mass is 418 g/mol. The Balaban J connectivity index is 1.32. The largest absolute Gasteiger partial charge is 0.339 e. The van der Waals surface area contributed by atoms with Crippen LogP contribution in [-0.2, 0) is 4.79 Å². The van der Waals surface area contributed by atoms with Crippen LogP contribution in [0, 0.1) is 11.3 Å². The Kier molecular flexibility index (Phi) is 4.75. The Labute approximate surface area is 179 Å². The molecule has 2 aromatic rings. The van der Waals surface area contributed by atoms with Crippen molar-refractivity contribution in [3.63, 3.8) is 0 Å². The molecule has 1 aromatic carbocycles. The first-order valence-corrected chi connectivity index (χ1v) is 11.2. The van der Waals surface area contributed by atoms with Crippen LogP contribution in [0.4, 0.5) is 0 Å². The molecule has 152 valence electrons. The number of carbonyl (C=O) groups excluding carboxylic acids is 2. The van der Waals surface area contributed by atoms with Crippen molar-refractivity contribution < 1.29 is 9.59 Å². The number of benzene rings is 1. The van der Waals surface area contributed by atoms with E-state index >= 15 is 0 Å². The van der Waals surface area contributed by atoms with Gasteiger partial charge in [-0.05, 0) is 49.4 Å². The first-order valence-electron chi connectivity index (χ1n) is 10.3. The van der Waals surface area contributed by atoms with Gasteiger partial charge in [-0.3, -0.25) is 14.6 Å². The normalized spacial score (nSPS) is 24.7. The second-order valence-electron chi connectivity index (χ2n) is 8.15. The van der Waals surface area contributed by atoms with Crippen molar-refractivity contribution in [1.29, 1.82) is 5.26 Å². The fourth-order valence-corrected chi connectivity index (χ4v) is 6.66. The number of pyridine rings is 1. The van der Waals surface area contributed by atoms with Crippen molar-refractivity contribution in [2.45, 2.75) is 41.8 Å². The van der Waals surface area contributed by atoms with Gasteiger partial charge in [0.15, 0.2) is 0 Å². The van der Waals surface area contributed by atoms with Crippen LogP contribution in [0.5, 0.6) is 0 Å². The van der Waals surface area contributed by atoms with Crippen molar-refractivity contribution in [2.75, 3.05) is 13.1 Å². The molecule has 30 heavy (non-hydrogen) atoms. The average Bonchev–Trinajstić information content (AvgIpc) is 3.32. The number of nitrogens with zero attached hydrogens (tertiary/aromatic N) is 4. The first-order chi connectivity index (χ1) is 14.6. The summed E-state index contributed by atoms with van der Waals surface area (Å²) < 4.78 is -0.433. The SMILES string of the molecule is N#Cc1cncc(C2CCC3SC4(CCN(C(=O)c5ccccc5)CC4)C(=O)N32)c1. The van der Waals surface area contributed by atoms with Crippen molar-refractivity contribution in [3.8, 4) is 6.07 Å². The fourth-order valence-electron chi connectivity index (χ4n) is 4.91. The number of hydrogen-bond donors (Lipinski definition) is 0. The molecule has 2 unspecified atom stereocenters. The van der Waals surface area contributed by atoms with Gasteiger partial charge in [0.2, 0.25) is 5.91 Å².